The standard InChI is InChI=1S/C15H22FN3O2/c1-11(2)8-17-14(20)9-19(3)10-15(21)18-13-6-4-12(16)5-7-13/h4-7,11H,8-10H2,1-3H3,(H,17,20)(H,18,21)/p+1. The monoisotopic (exact) mass is 296 g/mol. The molecule has 0 fully saturated rings. The van der Waals surface area contributed by atoms with Crippen molar-refractivity contribution in [1.82, 2.24) is 5.32 Å². The molecule has 0 bridgehead atoms. The fourth-order valence-electron chi connectivity index (χ4n) is 1.73. The Balaban J connectivity index is 2.33. The number of rotatable bonds is 7. The van der Waals surface area contributed by atoms with Crippen molar-refractivity contribution in [3.05, 3.63) is 30.1 Å². The maximum atomic E-state index is 12.7. The van der Waals surface area contributed by atoms with Crippen LogP contribution in [0.25, 0.3) is 0 Å². The predicted molar refractivity (Wildman–Crippen MR) is 79.5 cm³/mol. The SMILES string of the molecule is CC(C)CNC(=O)C[NH+](C)CC(=O)Nc1ccc(F)cc1. The summed E-state index contributed by atoms with van der Waals surface area (Å²) in [6, 6.07) is 5.56. The van der Waals surface area contributed by atoms with E-state index in [-0.39, 0.29) is 30.7 Å². The Morgan fingerprint density at radius 2 is 1.71 bits per heavy atom. The van der Waals surface area contributed by atoms with Gasteiger partial charge >= 0.3 is 0 Å². The highest BCUT2D eigenvalue weighted by molar-refractivity contribution is 5.91. The van der Waals surface area contributed by atoms with Crippen LogP contribution in [0.5, 0.6) is 0 Å². The number of nitrogens with one attached hydrogen (secondary N) is 3. The van der Waals surface area contributed by atoms with Gasteiger partial charge in [0, 0.05) is 12.2 Å². The van der Waals surface area contributed by atoms with Crippen molar-refractivity contribution in [3.8, 4) is 0 Å². The zero-order valence-electron chi connectivity index (χ0n) is 12.7. The molecular weight excluding hydrogens is 273 g/mol. The van der Waals surface area contributed by atoms with Crippen molar-refractivity contribution in [1.29, 1.82) is 0 Å². The molecule has 0 aliphatic carbocycles. The van der Waals surface area contributed by atoms with Crippen LogP contribution >= 0.6 is 0 Å². The van der Waals surface area contributed by atoms with Gasteiger partial charge in [0.15, 0.2) is 13.1 Å². The highest BCUT2D eigenvalue weighted by Crippen LogP contribution is 2.07. The summed E-state index contributed by atoms with van der Waals surface area (Å²) < 4.78 is 12.7. The third-order valence-corrected chi connectivity index (χ3v) is 2.76. The van der Waals surface area contributed by atoms with Gasteiger partial charge in [0.25, 0.3) is 11.8 Å². The number of carbonyl (C=O) groups excluding carboxylic acids is 2. The molecule has 0 saturated heterocycles. The van der Waals surface area contributed by atoms with Crippen molar-refractivity contribution >= 4 is 17.5 Å². The average molecular weight is 296 g/mol. The molecule has 1 aromatic rings. The summed E-state index contributed by atoms with van der Waals surface area (Å²) in [6.07, 6.45) is 0. The van der Waals surface area contributed by atoms with E-state index in [1.807, 2.05) is 13.8 Å². The Hall–Kier alpha value is -1.95. The number of carbonyl (C=O) groups is 2. The van der Waals surface area contributed by atoms with Crippen LogP contribution in [0.4, 0.5) is 10.1 Å². The highest BCUT2D eigenvalue weighted by Gasteiger charge is 2.14. The van der Waals surface area contributed by atoms with Gasteiger partial charge < -0.3 is 15.5 Å². The summed E-state index contributed by atoms with van der Waals surface area (Å²) in [4.78, 5) is 24.2. The van der Waals surface area contributed by atoms with Gasteiger partial charge in [-0.15, -0.1) is 0 Å². The number of hydrogen-bond donors (Lipinski definition) is 3. The first-order valence-electron chi connectivity index (χ1n) is 7.00. The number of benzene rings is 1. The van der Waals surface area contributed by atoms with Crippen LogP contribution in [0.15, 0.2) is 24.3 Å². The molecule has 1 unspecified atom stereocenters. The van der Waals surface area contributed by atoms with Crippen molar-refractivity contribution in [3.63, 3.8) is 0 Å². The Morgan fingerprint density at radius 1 is 1.14 bits per heavy atom. The van der Waals surface area contributed by atoms with Crippen LogP contribution < -0.4 is 15.5 Å². The normalized spacial score (nSPS) is 12.0. The fourth-order valence-corrected chi connectivity index (χ4v) is 1.73. The van der Waals surface area contributed by atoms with Crippen LogP contribution in [-0.4, -0.2) is 38.5 Å². The van der Waals surface area contributed by atoms with Crippen LogP contribution in [0, 0.1) is 11.7 Å². The smallest absolute Gasteiger partial charge is 0.279 e. The summed E-state index contributed by atoms with van der Waals surface area (Å²) in [5.74, 6) is -0.236. The Labute approximate surface area is 124 Å². The molecule has 0 spiro atoms. The molecule has 1 atom stereocenters. The number of quaternary nitrogens is 1. The minimum absolute atomic E-state index is 0.0733. The van der Waals surface area contributed by atoms with Crippen LogP contribution in [0.2, 0.25) is 0 Å². The first kappa shape index (κ1) is 17.1. The van der Waals surface area contributed by atoms with Crippen LogP contribution in [0.1, 0.15) is 13.8 Å². The summed E-state index contributed by atoms with van der Waals surface area (Å²) >= 11 is 0. The van der Waals surface area contributed by atoms with Crippen LogP contribution in [0.3, 0.4) is 0 Å². The number of likely N-dealkylation sites (N-methyl/N-ethyl adjacent to an activating group) is 1. The third kappa shape index (κ3) is 7.41. The molecule has 1 rings (SSSR count). The zero-order valence-corrected chi connectivity index (χ0v) is 12.7. The Kier molecular flexibility index (Phi) is 6.81. The van der Waals surface area contributed by atoms with Gasteiger partial charge in [-0.1, -0.05) is 13.8 Å². The van der Waals surface area contributed by atoms with Gasteiger partial charge in [0.1, 0.15) is 5.82 Å². The third-order valence-electron chi connectivity index (χ3n) is 2.76. The van der Waals surface area contributed by atoms with E-state index in [1.165, 1.54) is 24.3 Å². The van der Waals surface area contributed by atoms with E-state index in [0.29, 0.717) is 18.2 Å². The average Bonchev–Trinajstić information content (AvgIpc) is 2.38. The topological polar surface area (TPSA) is 62.6 Å². The molecule has 5 nitrogen and oxygen atoms in total. The lowest BCUT2D eigenvalue weighted by atomic mass is 10.2. The van der Waals surface area contributed by atoms with Gasteiger partial charge in [-0.2, -0.15) is 0 Å². The van der Waals surface area contributed by atoms with E-state index in [0.717, 1.165) is 4.90 Å². The highest BCUT2D eigenvalue weighted by atomic mass is 19.1. The summed E-state index contributed by atoms with van der Waals surface area (Å²) in [5, 5.41) is 5.47. The molecule has 0 aliphatic heterocycles. The molecule has 0 aliphatic rings. The second kappa shape index (κ2) is 8.36. The molecule has 116 valence electrons. The van der Waals surface area contributed by atoms with E-state index in [2.05, 4.69) is 10.6 Å². The van der Waals surface area contributed by atoms with E-state index in [4.69, 9.17) is 0 Å². The number of anilines is 1. The Morgan fingerprint density at radius 3 is 2.29 bits per heavy atom. The van der Waals surface area contributed by atoms with Crippen molar-refractivity contribution in [2.24, 2.45) is 5.92 Å². The minimum Gasteiger partial charge on any atom is -0.351 e. The number of hydrogen-bond acceptors (Lipinski definition) is 2. The second-order valence-corrected chi connectivity index (χ2v) is 5.56. The molecule has 21 heavy (non-hydrogen) atoms. The lowest BCUT2D eigenvalue weighted by Crippen LogP contribution is -3.11. The van der Waals surface area contributed by atoms with Gasteiger partial charge in [-0.3, -0.25) is 9.59 Å². The van der Waals surface area contributed by atoms with E-state index < -0.39 is 0 Å². The quantitative estimate of drug-likeness (QED) is 0.666. The Bertz CT molecular complexity index is 474. The molecule has 1 aromatic carbocycles. The first-order valence-corrected chi connectivity index (χ1v) is 7.00. The largest absolute Gasteiger partial charge is 0.351 e. The van der Waals surface area contributed by atoms with E-state index >= 15 is 0 Å². The molecular formula is C15H23FN3O2+. The predicted octanol–water partition coefficient (Wildman–Crippen LogP) is 0.0511. The van der Waals surface area contributed by atoms with Gasteiger partial charge in [-0.05, 0) is 30.2 Å². The lowest BCUT2D eigenvalue weighted by Gasteiger charge is -2.14. The molecule has 0 saturated carbocycles. The summed E-state index contributed by atoms with van der Waals surface area (Å²) in [6.45, 7) is 5.09. The van der Waals surface area contributed by atoms with E-state index in [1.54, 1.807) is 7.05 Å². The second-order valence-electron chi connectivity index (χ2n) is 5.56. The number of amides is 2. The first-order chi connectivity index (χ1) is 9.86. The van der Waals surface area contributed by atoms with Crippen molar-refractivity contribution in [2.75, 3.05) is 32.0 Å². The number of halogens is 1. The van der Waals surface area contributed by atoms with Gasteiger partial charge in [0.05, 0.1) is 7.05 Å². The maximum absolute atomic E-state index is 12.7. The molecule has 0 radical (unpaired) electrons. The van der Waals surface area contributed by atoms with Gasteiger partial charge in [0.2, 0.25) is 0 Å². The minimum atomic E-state index is -0.349. The summed E-state index contributed by atoms with van der Waals surface area (Å²) in [7, 11) is 1.78. The van der Waals surface area contributed by atoms with E-state index in [9.17, 15) is 14.0 Å². The van der Waals surface area contributed by atoms with Crippen LogP contribution in [-0.2, 0) is 9.59 Å². The van der Waals surface area contributed by atoms with Crippen molar-refractivity contribution < 1.29 is 18.9 Å². The van der Waals surface area contributed by atoms with Crippen molar-refractivity contribution in [2.45, 2.75) is 13.8 Å². The summed E-state index contributed by atoms with van der Waals surface area (Å²) in [5.41, 5.74) is 0.540. The molecule has 3 N–H and O–H groups in total. The maximum Gasteiger partial charge on any atom is 0.279 e. The zero-order chi connectivity index (χ0) is 15.8. The molecule has 0 aromatic heterocycles. The molecule has 2 amide bonds. The molecule has 0 heterocycles. The fraction of sp³-hybridized carbons (Fsp3) is 0.467. The van der Waals surface area contributed by atoms with Gasteiger partial charge in [-0.25, -0.2) is 4.39 Å². The lowest BCUT2D eigenvalue weighted by molar-refractivity contribution is -0.862. The molecule has 6 heteroatoms.